The number of aromatic nitrogens is 2. The number of thioether (sulfide) groups is 1. The van der Waals surface area contributed by atoms with E-state index >= 15 is 0 Å². The molecule has 0 saturated carbocycles. The van der Waals surface area contributed by atoms with Gasteiger partial charge in [0, 0.05) is 23.7 Å². The Labute approximate surface area is 118 Å². The number of benzene rings is 1. The van der Waals surface area contributed by atoms with Crippen LogP contribution in [0.4, 0.5) is 5.82 Å². The monoisotopic (exact) mass is 273 g/mol. The SMILES string of the molecule is Cc1cccc2c(N3CCSCCC3C)ncnc12. The zero-order valence-corrected chi connectivity index (χ0v) is 12.3. The number of para-hydroxylation sites is 1. The molecule has 1 fully saturated rings. The zero-order chi connectivity index (χ0) is 13.2. The summed E-state index contributed by atoms with van der Waals surface area (Å²) in [4.78, 5) is 11.5. The van der Waals surface area contributed by atoms with Crippen LogP contribution >= 0.6 is 11.8 Å². The van der Waals surface area contributed by atoms with Crippen molar-refractivity contribution in [2.75, 3.05) is 23.0 Å². The largest absolute Gasteiger partial charge is 0.352 e. The summed E-state index contributed by atoms with van der Waals surface area (Å²) in [6, 6.07) is 6.90. The van der Waals surface area contributed by atoms with Gasteiger partial charge < -0.3 is 4.90 Å². The normalized spacial score (nSPS) is 20.5. The van der Waals surface area contributed by atoms with Gasteiger partial charge in [-0.2, -0.15) is 11.8 Å². The Hall–Kier alpha value is -1.29. The molecule has 0 N–H and O–H groups in total. The maximum atomic E-state index is 4.57. The first-order chi connectivity index (χ1) is 9.27. The molecule has 0 radical (unpaired) electrons. The van der Waals surface area contributed by atoms with Gasteiger partial charge in [0.05, 0.1) is 5.52 Å². The summed E-state index contributed by atoms with van der Waals surface area (Å²) >= 11 is 2.04. The van der Waals surface area contributed by atoms with E-state index in [1.54, 1.807) is 6.33 Å². The van der Waals surface area contributed by atoms with E-state index in [0.717, 1.165) is 17.9 Å². The second kappa shape index (κ2) is 5.37. The Morgan fingerprint density at radius 3 is 3.05 bits per heavy atom. The van der Waals surface area contributed by atoms with Crippen LogP contribution in [0.25, 0.3) is 10.9 Å². The lowest BCUT2D eigenvalue weighted by Crippen LogP contribution is -2.34. The first-order valence-electron chi connectivity index (χ1n) is 6.82. The first-order valence-corrected chi connectivity index (χ1v) is 7.97. The minimum Gasteiger partial charge on any atom is -0.352 e. The van der Waals surface area contributed by atoms with Crippen LogP contribution in [0.15, 0.2) is 24.5 Å². The lowest BCUT2D eigenvalue weighted by Gasteiger charge is -2.28. The Kier molecular flexibility index (Phi) is 3.60. The minimum absolute atomic E-state index is 0.550. The predicted molar refractivity (Wildman–Crippen MR) is 83.0 cm³/mol. The molecule has 100 valence electrons. The fourth-order valence-electron chi connectivity index (χ4n) is 2.66. The molecule has 1 aromatic carbocycles. The molecule has 19 heavy (non-hydrogen) atoms. The van der Waals surface area contributed by atoms with E-state index < -0.39 is 0 Å². The van der Waals surface area contributed by atoms with Gasteiger partial charge >= 0.3 is 0 Å². The van der Waals surface area contributed by atoms with E-state index in [-0.39, 0.29) is 0 Å². The molecule has 0 amide bonds. The number of rotatable bonds is 1. The van der Waals surface area contributed by atoms with Crippen molar-refractivity contribution in [2.24, 2.45) is 0 Å². The summed E-state index contributed by atoms with van der Waals surface area (Å²) in [7, 11) is 0. The Balaban J connectivity index is 2.11. The van der Waals surface area contributed by atoms with Crippen LogP contribution < -0.4 is 4.90 Å². The molecule has 0 bridgehead atoms. The molecule has 1 aliphatic rings. The Morgan fingerprint density at radius 2 is 2.16 bits per heavy atom. The molecule has 0 spiro atoms. The number of fused-ring (bicyclic) bond motifs is 1. The quantitative estimate of drug-likeness (QED) is 0.797. The molecular weight excluding hydrogens is 254 g/mol. The summed E-state index contributed by atoms with van der Waals surface area (Å²) in [5, 5.41) is 1.18. The van der Waals surface area contributed by atoms with Gasteiger partial charge in [0.2, 0.25) is 0 Å². The maximum Gasteiger partial charge on any atom is 0.140 e. The van der Waals surface area contributed by atoms with E-state index in [9.17, 15) is 0 Å². The van der Waals surface area contributed by atoms with E-state index in [2.05, 4.69) is 46.9 Å². The molecule has 1 atom stereocenters. The summed E-state index contributed by atoms with van der Waals surface area (Å²) in [5.41, 5.74) is 2.30. The molecule has 2 aromatic rings. The van der Waals surface area contributed by atoms with Crippen molar-refractivity contribution in [3.63, 3.8) is 0 Å². The van der Waals surface area contributed by atoms with Gasteiger partial charge in [-0.1, -0.05) is 12.1 Å². The third-order valence-corrected chi connectivity index (χ3v) is 4.80. The number of hydrogen-bond acceptors (Lipinski definition) is 4. The zero-order valence-electron chi connectivity index (χ0n) is 11.5. The summed E-state index contributed by atoms with van der Waals surface area (Å²) in [6.45, 7) is 5.49. The van der Waals surface area contributed by atoms with E-state index in [1.807, 2.05) is 11.8 Å². The standard InChI is InChI=1S/C15H19N3S/c1-11-4-3-5-13-14(11)16-10-17-15(13)18-7-9-19-8-6-12(18)2/h3-5,10,12H,6-9H2,1-2H3. The smallest absolute Gasteiger partial charge is 0.140 e. The molecular formula is C15H19N3S. The van der Waals surface area contributed by atoms with Crippen LogP contribution in [0.1, 0.15) is 18.9 Å². The van der Waals surface area contributed by atoms with Crippen molar-refractivity contribution in [3.05, 3.63) is 30.1 Å². The molecule has 1 aliphatic heterocycles. The van der Waals surface area contributed by atoms with Gasteiger partial charge in [-0.3, -0.25) is 0 Å². The predicted octanol–water partition coefficient (Wildman–Crippen LogP) is 3.27. The van der Waals surface area contributed by atoms with Crippen molar-refractivity contribution < 1.29 is 0 Å². The van der Waals surface area contributed by atoms with Gasteiger partial charge in [-0.05, 0) is 37.7 Å². The number of anilines is 1. The lowest BCUT2D eigenvalue weighted by atomic mass is 10.1. The number of hydrogen-bond donors (Lipinski definition) is 0. The first kappa shape index (κ1) is 12.7. The van der Waals surface area contributed by atoms with Crippen LogP contribution in [0.3, 0.4) is 0 Å². The highest BCUT2D eigenvalue weighted by Gasteiger charge is 2.20. The summed E-state index contributed by atoms with van der Waals surface area (Å²) in [6.07, 6.45) is 2.93. The highest BCUT2D eigenvalue weighted by molar-refractivity contribution is 7.99. The van der Waals surface area contributed by atoms with Crippen molar-refractivity contribution in [3.8, 4) is 0 Å². The fraction of sp³-hybridized carbons (Fsp3) is 0.467. The average Bonchev–Trinajstić information content (AvgIpc) is 2.63. The van der Waals surface area contributed by atoms with Gasteiger partial charge in [-0.25, -0.2) is 9.97 Å². The van der Waals surface area contributed by atoms with Crippen molar-refractivity contribution in [1.82, 2.24) is 9.97 Å². The summed E-state index contributed by atoms with van der Waals surface area (Å²) in [5.74, 6) is 3.53. The Bertz CT molecular complexity index is 585. The third kappa shape index (κ3) is 2.41. The van der Waals surface area contributed by atoms with Crippen LogP contribution in [-0.4, -0.2) is 34.1 Å². The second-order valence-corrected chi connectivity index (χ2v) is 6.34. The minimum atomic E-state index is 0.550. The Morgan fingerprint density at radius 1 is 1.26 bits per heavy atom. The van der Waals surface area contributed by atoms with E-state index in [0.29, 0.717) is 6.04 Å². The van der Waals surface area contributed by atoms with Crippen LogP contribution in [0, 0.1) is 6.92 Å². The number of nitrogens with zero attached hydrogens (tertiary/aromatic N) is 3. The van der Waals surface area contributed by atoms with Crippen LogP contribution in [0.5, 0.6) is 0 Å². The maximum absolute atomic E-state index is 4.57. The van der Waals surface area contributed by atoms with Gasteiger partial charge in [0.25, 0.3) is 0 Å². The highest BCUT2D eigenvalue weighted by Crippen LogP contribution is 2.28. The van der Waals surface area contributed by atoms with E-state index in [4.69, 9.17) is 0 Å². The summed E-state index contributed by atoms with van der Waals surface area (Å²) < 4.78 is 0. The van der Waals surface area contributed by atoms with Gasteiger partial charge in [0.15, 0.2) is 0 Å². The molecule has 4 heteroatoms. The van der Waals surface area contributed by atoms with Crippen LogP contribution in [-0.2, 0) is 0 Å². The second-order valence-electron chi connectivity index (χ2n) is 5.11. The fourth-order valence-corrected chi connectivity index (χ4v) is 3.70. The van der Waals surface area contributed by atoms with E-state index in [1.165, 1.54) is 28.9 Å². The van der Waals surface area contributed by atoms with Crippen LogP contribution in [0.2, 0.25) is 0 Å². The molecule has 1 aromatic heterocycles. The molecule has 1 unspecified atom stereocenters. The molecule has 0 aliphatic carbocycles. The molecule has 3 nitrogen and oxygen atoms in total. The average molecular weight is 273 g/mol. The lowest BCUT2D eigenvalue weighted by molar-refractivity contribution is 0.640. The topological polar surface area (TPSA) is 29.0 Å². The van der Waals surface area contributed by atoms with Crippen molar-refractivity contribution in [1.29, 1.82) is 0 Å². The van der Waals surface area contributed by atoms with Crippen molar-refractivity contribution in [2.45, 2.75) is 26.3 Å². The van der Waals surface area contributed by atoms with Gasteiger partial charge in [-0.15, -0.1) is 0 Å². The highest BCUT2D eigenvalue weighted by atomic mass is 32.2. The third-order valence-electron chi connectivity index (χ3n) is 3.81. The molecule has 1 saturated heterocycles. The van der Waals surface area contributed by atoms with Gasteiger partial charge in [0.1, 0.15) is 12.1 Å². The molecule has 3 rings (SSSR count). The van der Waals surface area contributed by atoms with Crippen molar-refractivity contribution >= 4 is 28.5 Å². The number of aryl methyl sites for hydroxylation is 1. The molecule has 2 heterocycles.